The van der Waals surface area contributed by atoms with Crippen LogP contribution in [0.15, 0.2) is 42.3 Å². The molecule has 1 aromatic carbocycles. The Morgan fingerprint density at radius 3 is 2.51 bits per heavy atom. The lowest BCUT2D eigenvalue weighted by atomic mass is 9.98. The summed E-state index contributed by atoms with van der Waals surface area (Å²) in [7, 11) is 0. The number of alkyl carbamates (subject to hydrolysis) is 1. The summed E-state index contributed by atoms with van der Waals surface area (Å²) >= 11 is 1.41. The third-order valence-electron chi connectivity index (χ3n) is 11.8. The molecular formula is C38H44N6O10S. The van der Waals surface area contributed by atoms with E-state index in [2.05, 4.69) is 27.5 Å². The Morgan fingerprint density at radius 1 is 1.07 bits per heavy atom. The van der Waals surface area contributed by atoms with Crippen molar-refractivity contribution in [3.63, 3.8) is 0 Å². The molecule has 2 amide bonds. The monoisotopic (exact) mass is 776 g/mol. The van der Waals surface area contributed by atoms with Crippen LogP contribution in [0.3, 0.4) is 0 Å². The molecule has 55 heavy (non-hydrogen) atoms. The van der Waals surface area contributed by atoms with Gasteiger partial charge in [0, 0.05) is 41.3 Å². The number of thiazole rings is 1. The predicted octanol–water partition coefficient (Wildman–Crippen LogP) is 3.60. The second-order valence-electron chi connectivity index (χ2n) is 15.9. The first kappa shape index (κ1) is 36.9. The number of hydrogen-bond donors (Lipinski definition) is 6. The molecule has 4 saturated carbocycles. The van der Waals surface area contributed by atoms with Crippen LogP contribution in [0.25, 0.3) is 22.3 Å². The number of likely N-dealkylation sites (tertiary alicyclic amines) is 1. The van der Waals surface area contributed by atoms with Crippen molar-refractivity contribution in [2.75, 3.05) is 25.0 Å². The van der Waals surface area contributed by atoms with Crippen LogP contribution < -0.4 is 25.4 Å². The summed E-state index contributed by atoms with van der Waals surface area (Å²) in [6.07, 6.45) is 3.04. The van der Waals surface area contributed by atoms with Gasteiger partial charge < -0.3 is 45.1 Å². The highest BCUT2D eigenvalue weighted by Crippen LogP contribution is 2.93. The molecule has 4 aliphatic carbocycles. The molecule has 0 spiro atoms. The number of benzene rings is 1. The topological polar surface area (TPSA) is 222 Å². The molecule has 16 nitrogen and oxygen atoms in total. The van der Waals surface area contributed by atoms with Gasteiger partial charge in [-0.15, -0.1) is 17.9 Å². The second-order valence-corrected chi connectivity index (χ2v) is 16.8. The number of nitrogens with zero attached hydrogens (tertiary/aromatic N) is 3. The van der Waals surface area contributed by atoms with Crippen LogP contribution in [0.5, 0.6) is 11.5 Å². The number of carbonyl (C=O) groups excluding carboxylic acids is 2. The molecule has 3 heterocycles. The number of aromatic nitrogens is 2. The third-order valence-corrected chi connectivity index (χ3v) is 12.6. The Balaban J connectivity index is 1.03. The number of nitrogens with one attached hydrogen (secondary N) is 3. The Bertz CT molecular complexity index is 2050. The quantitative estimate of drug-likeness (QED) is 0.0905. The van der Waals surface area contributed by atoms with Crippen LogP contribution in [-0.2, 0) is 19.1 Å². The number of hydrogen-bond acceptors (Lipinski definition) is 13. The number of carboxylic acids is 2. The Labute approximate surface area is 320 Å². The van der Waals surface area contributed by atoms with Crippen molar-refractivity contribution >= 4 is 51.3 Å². The maximum atomic E-state index is 13.8. The summed E-state index contributed by atoms with van der Waals surface area (Å²) in [6.45, 7) is 6.80. The van der Waals surface area contributed by atoms with Gasteiger partial charge in [-0.2, -0.15) is 0 Å². The zero-order valence-corrected chi connectivity index (χ0v) is 31.3. The highest BCUT2D eigenvalue weighted by atomic mass is 32.1. The number of fused-ring (bicyclic) bond motifs is 1. The highest BCUT2D eigenvalue weighted by Gasteiger charge is 2.86. The number of rotatable bonds is 16. The Hall–Kier alpha value is -5.00. The lowest BCUT2D eigenvalue weighted by molar-refractivity contribution is -0.143. The van der Waals surface area contributed by atoms with E-state index >= 15 is 0 Å². The molecule has 5 atom stereocenters. The van der Waals surface area contributed by atoms with Gasteiger partial charge in [0.2, 0.25) is 5.91 Å². The first-order valence-corrected chi connectivity index (χ1v) is 19.3. The molecule has 1 aliphatic heterocycles. The minimum atomic E-state index is -1.46. The summed E-state index contributed by atoms with van der Waals surface area (Å²) in [6, 6.07) is 5.87. The van der Waals surface area contributed by atoms with Crippen LogP contribution in [0, 0.1) is 16.7 Å². The van der Waals surface area contributed by atoms with E-state index in [0.717, 1.165) is 12.8 Å². The zero-order valence-electron chi connectivity index (χ0n) is 30.4. The van der Waals surface area contributed by atoms with Crippen molar-refractivity contribution in [3.05, 3.63) is 42.3 Å². The van der Waals surface area contributed by atoms with Gasteiger partial charge in [-0.25, -0.2) is 19.6 Å². The number of pyridine rings is 1. The molecule has 0 radical (unpaired) electrons. The van der Waals surface area contributed by atoms with E-state index in [0.29, 0.717) is 44.0 Å². The first-order chi connectivity index (χ1) is 26.2. The van der Waals surface area contributed by atoms with E-state index < -0.39 is 66.9 Å². The van der Waals surface area contributed by atoms with E-state index in [9.17, 15) is 29.4 Å². The maximum absolute atomic E-state index is 13.8. The molecular weight excluding hydrogens is 733 g/mol. The third kappa shape index (κ3) is 7.04. The number of aliphatic carboxylic acids is 2. The van der Waals surface area contributed by atoms with Crippen molar-refractivity contribution in [2.45, 2.75) is 88.4 Å². The fourth-order valence-corrected chi connectivity index (χ4v) is 9.63. The van der Waals surface area contributed by atoms with Crippen LogP contribution in [0.1, 0.15) is 52.4 Å². The number of carboxylic acid groups (broad SMARTS) is 2. The summed E-state index contributed by atoms with van der Waals surface area (Å²) in [5, 5.41) is 42.5. The fraction of sp³-hybridized carbons (Fsp3) is 0.526. The van der Waals surface area contributed by atoms with E-state index in [1.807, 2.05) is 19.2 Å². The van der Waals surface area contributed by atoms with Gasteiger partial charge >= 0.3 is 18.0 Å². The number of ether oxygens (including phenoxy) is 3. The molecule has 5 fully saturated rings. The average molecular weight is 777 g/mol. The van der Waals surface area contributed by atoms with Gasteiger partial charge in [-0.05, 0) is 68.9 Å². The van der Waals surface area contributed by atoms with Gasteiger partial charge in [0.25, 0.3) is 0 Å². The minimum Gasteiger partial charge on any atom is -0.488 e. The van der Waals surface area contributed by atoms with Crippen molar-refractivity contribution in [1.82, 2.24) is 25.5 Å². The molecule has 8 rings (SSSR count). The Kier molecular flexibility index (Phi) is 9.16. The largest absolute Gasteiger partial charge is 0.488 e. The average Bonchev–Trinajstić information content (AvgIpc) is 3.91. The van der Waals surface area contributed by atoms with Crippen LogP contribution in [-0.4, -0.2) is 110 Å². The van der Waals surface area contributed by atoms with Crippen LogP contribution in [0.4, 0.5) is 9.93 Å². The molecule has 2 aromatic heterocycles. The van der Waals surface area contributed by atoms with Crippen molar-refractivity contribution in [1.29, 1.82) is 0 Å². The summed E-state index contributed by atoms with van der Waals surface area (Å²) < 4.78 is 17.7. The number of aliphatic hydroxyl groups excluding tert-OH is 1. The normalized spacial score (nSPS) is 30.2. The van der Waals surface area contributed by atoms with Crippen molar-refractivity contribution in [2.24, 2.45) is 16.7 Å². The van der Waals surface area contributed by atoms with E-state index in [4.69, 9.17) is 24.3 Å². The Morgan fingerprint density at radius 2 is 1.84 bits per heavy atom. The van der Waals surface area contributed by atoms with Crippen LogP contribution >= 0.6 is 11.3 Å². The summed E-state index contributed by atoms with van der Waals surface area (Å²) in [5.41, 5.74) is 0.811. The lowest BCUT2D eigenvalue weighted by Crippen LogP contribution is -2.56. The lowest BCUT2D eigenvalue weighted by Gasteiger charge is -2.31. The van der Waals surface area contributed by atoms with Crippen LogP contribution in [0.2, 0.25) is 0 Å². The minimum absolute atomic E-state index is 0.00963. The second kappa shape index (κ2) is 13.6. The van der Waals surface area contributed by atoms with E-state index in [-0.39, 0.29) is 37.3 Å². The molecule has 4 unspecified atom stereocenters. The van der Waals surface area contributed by atoms with E-state index in [1.165, 1.54) is 35.2 Å². The first-order valence-electron chi connectivity index (χ1n) is 18.5. The molecule has 292 valence electrons. The highest BCUT2D eigenvalue weighted by molar-refractivity contribution is 7.14. The SMILES string of the molecule is C=CC1CC1(NC(O)C1C[C@@H](Oc2cc(-c3csc(NC(C)C)n3)nc3cc(OCC(=O)O)ccc23)CN1C(=O)CNC(=O)OC1CC23CC2(C1)C3)C(=O)O. The molecule has 3 aromatic rings. The van der Waals surface area contributed by atoms with Gasteiger partial charge in [0.15, 0.2) is 11.7 Å². The van der Waals surface area contributed by atoms with Gasteiger partial charge in [-0.3, -0.25) is 14.9 Å². The number of anilines is 1. The molecule has 0 bridgehead atoms. The summed E-state index contributed by atoms with van der Waals surface area (Å²) in [4.78, 5) is 60.8. The predicted molar refractivity (Wildman–Crippen MR) is 199 cm³/mol. The molecule has 6 N–H and O–H groups in total. The van der Waals surface area contributed by atoms with Crippen molar-refractivity contribution in [3.8, 4) is 22.9 Å². The number of carbonyl (C=O) groups is 4. The zero-order chi connectivity index (χ0) is 38.9. The molecule has 17 heteroatoms. The molecule has 5 aliphatic rings. The molecule has 1 saturated heterocycles. The van der Waals surface area contributed by atoms with Crippen molar-refractivity contribution < 1.29 is 48.7 Å². The maximum Gasteiger partial charge on any atom is 0.407 e. The number of amides is 2. The van der Waals surface area contributed by atoms with Gasteiger partial charge in [-0.1, -0.05) is 6.08 Å². The van der Waals surface area contributed by atoms with E-state index in [1.54, 1.807) is 24.3 Å². The van der Waals surface area contributed by atoms with Gasteiger partial charge in [0.1, 0.15) is 47.7 Å². The number of aliphatic hydroxyl groups is 1. The summed E-state index contributed by atoms with van der Waals surface area (Å²) in [5.74, 6) is -2.50. The standard InChI is InChI=1S/C38H44N6O10S/c1-4-20-10-38(20,33(49)50)43-32(48)28-8-22(14-44(28)30(45)13-39-35(51)54-23-11-36-17-37(36,12-23)18-36)53-29-9-26(27-16-55-34(42-27)40-19(2)3)41-25-7-21(5-6-24(25)29)52-15-31(46)47/h4-7,9,16,19-20,22-23,28,32,43,48H,1,8,10-15,17-18H2,2-3H3,(H,39,51)(H,40,42)(H,46,47)(H,49,50)/t20?,22-,23?,28?,32?,36?,37?,38?/m1/s1. The fourth-order valence-electron chi connectivity index (χ4n) is 8.77. The smallest absolute Gasteiger partial charge is 0.407 e. The van der Waals surface area contributed by atoms with Gasteiger partial charge in [0.05, 0.1) is 23.8 Å².